The number of esters is 1. The van der Waals surface area contributed by atoms with E-state index in [9.17, 15) is 4.79 Å². The highest BCUT2D eigenvalue weighted by Crippen LogP contribution is 2.29. The monoisotopic (exact) mass is 255 g/mol. The van der Waals surface area contributed by atoms with Crippen molar-refractivity contribution in [2.75, 3.05) is 7.11 Å². The van der Waals surface area contributed by atoms with E-state index in [4.69, 9.17) is 16.3 Å². The molecule has 1 aromatic heterocycles. The van der Waals surface area contributed by atoms with Gasteiger partial charge in [0.15, 0.2) is 0 Å². The van der Waals surface area contributed by atoms with Crippen molar-refractivity contribution in [1.29, 1.82) is 0 Å². The molecule has 1 saturated carbocycles. The fraction of sp³-hybridized carbons (Fsp3) is 0.500. The van der Waals surface area contributed by atoms with E-state index in [0.717, 1.165) is 18.4 Å². The summed E-state index contributed by atoms with van der Waals surface area (Å²) >= 11 is 5.88. The number of pyridine rings is 1. The molecule has 17 heavy (non-hydrogen) atoms. The zero-order valence-corrected chi connectivity index (χ0v) is 10.4. The maximum absolute atomic E-state index is 11.1. The second-order valence-electron chi connectivity index (χ2n) is 4.01. The molecule has 1 fully saturated rings. The van der Waals surface area contributed by atoms with E-state index in [1.807, 2.05) is 0 Å². The lowest BCUT2D eigenvalue weighted by Gasteiger charge is -2.09. The molecular formula is C12H14ClNO3. The Morgan fingerprint density at radius 1 is 1.59 bits per heavy atom. The van der Waals surface area contributed by atoms with Gasteiger partial charge in [-0.3, -0.25) is 4.79 Å². The van der Waals surface area contributed by atoms with Crippen LogP contribution < -0.4 is 4.74 Å². The van der Waals surface area contributed by atoms with Gasteiger partial charge in [0, 0.05) is 18.2 Å². The average Bonchev–Trinajstić information content (AvgIpc) is 3.13. The molecule has 1 heterocycles. The molecule has 1 aromatic rings. The average molecular weight is 256 g/mol. The number of ether oxygens (including phenoxy) is 2. The Hall–Kier alpha value is -1.29. The summed E-state index contributed by atoms with van der Waals surface area (Å²) in [5.41, 5.74) is 0.856. The van der Waals surface area contributed by atoms with E-state index in [0.29, 0.717) is 23.7 Å². The Kier molecular flexibility index (Phi) is 3.84. The van der Waals surface area contributed by atoms with Crippen molar-refractivity contribution in [3.8, 4) is 5.88 Å². The number of hydrogen-bond acceptors (Lipinski definition) is 4. The molecule has 1 aliphatic carbocycles. The summed E-state index contributed by atoms with van der Waals surface area (Å²) in [7, 11) is 1.38. The van der Waals surface area contributed by atoms with Gasteiger partial charge in [-0.05, 0) is 25.3 Å². The summed E-state index contributed by atoms with van der Waals surface area (Å²) in [4.78, 5) is 15.3. The van der Waals surface area contributed by atoms with Crippen LogP contribution in [0.15, 0.2) is 12.3 Å². The predicted molar refractivity (Wildman–Crippen MR) is 63.2 cm³/mol. The predicted octanol–water partition coefficient (Wildman–Crippen LogP) is 2.38. The Morgan fingerprint density at radius 3 is 3.00 bits per heavy atom. The number of rotatable bonds is 5. The highest BCUT2D eigenvalue weighted by Gasteiger charge is 2.25. The third-order valence-electron chi connectivity index (χ3n) is 2.52. The number of aromatic nitrogens is 1. The largest absolute Gasteiger partial charge is 0.474 e. The molecule has 5 heteroatoms. The van der Waals surface area contributed by atoms with Crippen LogP contribution in [-0.4, -0.2) is 24.2 Å². The first-order valence-corrected chi connectivity index (χ1v) is 5.94. The minimum Gasteiger partial charge on any atom is -0.474 e. The zero-order chi connectivity index (χ0) is 12.3. The molecule has 0 spiro atoms. The second-order valence-corrected chi connectivity index (χ2v) is 4.45. The molecule has 0 radical (unpaired) electrons. The number of hydrogen-bond donors (Lipinski definition) is 0. The van der Waals surface area contributed by atoms with Crippen LogP contribution in [-0.2, 0) is 16.0 Å². The minimum atomic E-state index is -0.248. The molecule has 0 aliphatic heterocycles. The molecule has 0 saturated heterocycles. The maximum Gasteiger partial charge on any atom is 0.305 e. The zero-order valence-electron chi connectivity index (χ0n) is 9.61. The van der Waals surface area contributed by atoms with Crippen LogP contribution >= 0.6 is 11.6 Å². The van der Waals surface area contributed by atoms with Crippen molar-refractivity contribution in [1.82, 2.24) is 4.98 Å². The van der Waals surface area contributed by atoms with Crippen molar-refractivity contribution in [3.05, 3.63) is 22.8 Å². The highest BCUT2D eigenvalue weighted by atomic mass is 35.5. The Balaban J connectivity index is 2.05. The number of carbonyl (C=O) groups excluding carboxylic acids is 1. The molecule has 0 atom stereocenters. The number of aryl methyl sites for hydroxylation is 1. The van der Waals surface area contributed by atoms with Crippen molar-refractivity contribution in [2.45, 2.75) is 31.8 Å². The normalized spacial score (nSPS) is 14.5. The second kappa shape index (κ2) is 5.36. The lowest BCUT2D eigenvalue weighted by Crippen LogP contribution is -2.06. The summed E-state index contributed by atoms with van der Waals surface area (Å²) in [6.45, 7) is 0. The van der Waals surface area contributed by atoms with Gasteiger partial charge in [0.2, 0.25) is 5.88 Å². The van der Waals surface area contributed by atoms with Crippen LogP contribution in [0.1, 0.15) is 24.8 Å². The molecule has 0 bridgehead atoms. The Morgan fingerprint density at radius 2 is 2.35 bits per heavy atom. The van der Waals surface area contributed by atoms with Gasteiger partial charge in [-0.1, -0.05) is 11.6 Å². The lowest BCUT2D eigenvalue weighted by atomic mass is 10.1. The molecular weight excluding hydrogens is 242 g/mol. The van der Waals surface area contributed by atoms with Crippen molar-refractivity contribution in [3.63, 3.8) is 0 Å². The maximum atomic E-state index is 11.1. The van der Waals surface area contributed by atoms with Crippen LogP contribution in [0, 0.1) is 0 Å². The van der Waals surface area contributed by atoms with Gasteiger partial charge < -0.3 is 9.47 Å². The van der Waals surface area contributed by atoms with E-state index in [1.54, 1.807) is 12.3 Å². The lowest BCUT2D eigenvalue weighted by molar-refractivity contribution is -0.140. The van der Waals surface area contributed by atoms with Crippen molar-refractivity contribution >= 4 is 17.6 Å². The van der Waals surface area contributed by atoms with Gasteiger partial charge in [-0.15, -0.1) is 0 Å². The highest BCUT2D eigenvalue weighted by molar-refractivity contribution is 6.30. The molecule has 4 nitrogen and oxygen atoms in total. The topological polar surface area (TPSA) is 48.4 Å². The van der Waals surface area contributed by atoms with E-state index in [1.165, 1.54) is 7.11 Å². The summed E-state index contributed by atoms with van der Waals surface area (Å²) in [6.07, 6.45) is 4.81. The van der Waals surface area contributed by atoms with Gasteiger partial charge in [0.25, 0.3) is 0 Å². The van der Waals surface area contributed by atoms with E-state index >= 15 is 0 Å². The van der Waals surface area contributed by atoms with Gasteiger partial charge in [0.1, 0.15) is 6.10 Å². The number of methoxy groups -OCH3 is 1. The molecule has 0 unspecified atom stereocenters. The summed E-state index contributed by atoms with van der Waals surface area (Å²) < 4.78 is 10.3. The van der Waals surface area contributed by atoms with Crippen molar-refractivity contribution in [2.24, 2.45) is 0 Å². The van der Waals surface area contributed by atoms with Gasteiger partial charge in [0.05, 0.1) is 12.1 Å². The fourth-order valence-corrected chi connectivity index (χ4v) is 1.62. The SMILES string of the molecule is COC(=O)CCc1cc(Cl)cnc1OC1CC1. The number of halogens is 1. The summed E-state index contributed by atoms with van der Waals surface area (Å²) in [5.74, 6) is 0.336. The van der Waals surface area contributed by atoms with E-state index in [2.05, 4.69) is 9.72 Å². The molecule has 2 rings (SSSR count). The Bertz CT molecular complexity index is 418. The smallest absolute Gasteiger partial charge is 0.305 e. The first-order chi connectivity index (χ1) is 8.19. The Labute approximate surface area is 105 Å². The molecule has 0 N–H and O–H groups in total. The molecule has 92 valence electrons. The first-order valence-electron chi connectivity index (χ1n) is 5.57. The van der Waals surface area contributed by atoms with Crippen LogP contribution in [0.4, 0.5) is 0 Å². The van der Waals surface area contributed by atoms with Crippen molar-refractivity contribution < 1.29 is 14.3 Å². The number of nitrogens with zero attached hydrogens (tertiary/aromatic N) is 1. The quantitative estimate of drug-likeness (QED) is 0.758. The summed E-state index contributed by atoms with van der Waals surface area (Å²) in [6, 6.07) is 1.79. The first kappa shape index (κ1) is 12.2. The van der Waals surface area contributed by atoms with Gasteiger partial charge in [-0.2, -0.15) is 0 Å². The van der Waals surface area contributed by atoms with E-state index < -0.39 is 0 Å². The third-order valence-corrected chi connectivity index (χ3v) is 2.73. The molecule has 0 amide bonds. The molecule has 1 aliphatic rings. The fourth-order valence-electron chi connectivity index (χ4n) is 1.44. The number of carbonyl (C=O) groups is 1. The van der Waals surface area contributed by atoms with Crippen LogP contribution in [0.2, 0.25) is 5.02 Å². The van der Waals surface area contributed by atoms with Gasteiger partial charge in [-0.25, -0.2) is 4.98 Å². The van der Waals surface area contributed by atoms with Crippen LogP contribution in [0.3, 0.4) is 0 Å². The summed E-state index contributed by atoms with van der Waals surface area (Å²) in [5, 5.41) is 0.549. The van der Waals surface area contributed by atoms with Crippen LogP contribution in [0.25, 0.3) is 0 Å². The minimum absolute atomic E-state index is 0.248. The van der Waals surface area contributed by atoms with Crippen LogP contribution in [0.5, 0.6) is 5.88 Å². The van der Waals surface area contributed by atoms with Gasteiger partial charge >= 0.3 is 5.97 Å². The standard InChI is InChI=1S/C12H14ClNO3/c1-16-11(15)5-2-8-6-9(13)7-14-12(8)17-10-3-4-10/h6-7,10H,2-5H2,1H3. The van der Waals surface area contributed by atoms with E-state index in [-0.39, 0.29) is 12.1 Å². The molecule has 0 aromatic carbocycles. The third kappa shape index (κ3) is 3.60.